The Morgan fingerprint density at radius 1 is 0.857 bits per heavy atom. The van der Waals surface area contributed by atoms with Crippen molar-refractivity contribution in [2.45, 2.75) is 31.6 Å². The van der Waals surface area contributed by atoms with Crippen molar-refractivity contribution in [3.8, 4) is 16.9 Å². The molecule has 2 unspecified atom stereocenters. The molecule has 2 amide bonds. The SMILES string of the molecule is CC(OCc1ccccc1)C(NC(=O)OCC1c2ccccc2-c2ccccc21)C(=O)Nc1ccc(C(=O)O)c(O)c1. The number of carboxylic acids is 1. The molecule has 4 N–H and O–H groups in total. The molecule has 0 aromatic heterocycles. The smallest absolute Gasteiger partial charge is 0.407 e. The van der Waals surface area contributed by atoms with Crippen LogP contribution in [0.4, 0.5) is 10.5 Å². The molecule has 1 aliphatic carbocycles. The number of aromatic hydroxyl groups is 1. The van der Waals surface area contributed by atoms with Crippen molar-refractivity contribution < 1.29 is 34.1 Å². The van der Waals surface area contributed by atoms with Gasteiger partial charge in [0.05, 0.1) is 12.7 Å². The number of carbonyl (C=O) groups is 3. The minimum absolute atomic E-state index is 0.0674. The van der Waals surface area contributed by atoms with Gasteiger partial charge in [-0.05, 0) is 46.9 Å². The number of phenols is 1. The van der Waals surface area contributed by atoms with Gasteiger partial charge in [-0.3, -0.25) is 4.79 Å². The lowest BCUT2D eigenvalue weighted by Gasteiger charge is -2.25. The highest BCUT2D eigenvalue weighted by molar-refractivity contribution is 5.98. The maximum absolute atomic E-state index is 13.4. The van der Waals surface area contributed by atoms with Crippen molar-refractivity contribution in [2.75, 3.05) is 11.9 Å². The molecular weight excluding hydrogens is 536 g/mol. The number of carbonyl (C=O) groups excluding carboxylic acids is 2. The number of hydrogen-bond donors (Lipinski definition) is 4. The summed E-state index contributed by atoms with van der Waals surface area (Å²) >= 11 is 0. The lowest BCUT2D eigenvalue weighted by atomic mass is 9.98. The Kier molecular flexibility index (Phi) is 8.50. The topological polar surface area (TPSA) is 134 Å². The summed E-state index contributed by atoms with van der Waals surface area (Å²) in [5, 5.41) is 24.5. The largest absolute Gasteiger partial charge is 0.507 e. The van der Waals surface area contributed by atoms with E-state index < -0.39 is 35.9 Å². The Morgan fingerprint density at radius 2 is 1.48 bits per heavy atom. The Balaban J connectivity index is 1.29. The van der Waals surface area contributed by atoms with E-state index >= 15 is 0 Å². The molecule has 0 spiro atoms. The van der Waals surface area contributed by atoms with E-state index in [2.05, 4.69) is 10.6 Å². The number of aromatic carboxylic acids is 1. The Bertz CT molecular complexity index is 1560. The fraction of sp³-hybridized carbons (Fsp3) is 0.182. The van der Waals surface area contributed by atoms with Crippen LogP contribution in [0.5, 0.6) is 5.75 Å². The molecule has 5 rings (SSSR count). The summed E-state index contributed by atoms with van der Waals surface area (Å²) in [6, 6.07) is 27.8. The highest BCUT2D eigenvalue weighted by Gasteiger charge is 2.32. The second-order valence-corrected chi connectivity index (χ2v) is 9.98. The van der Waals surface area contributed by atoms with Gasteiger partial charge in [0.1, 0.15) is 24.0 Å². The maximum atomic E-state index is 13.4. The number of anilines is 1. The first-order valence-electron chi connectivity index (χ1n) is 13.5. The second-order valence-electron chi connectivity index (χ2n) is 9.98. The lowest BCUT2D eigenvalue weighted by molar-refractivity contribution is -0.121. The van der Waals surface area contributed by atoms with Gasteiger partial charge in [-0.25, -0.2) is 9.59 Å². The van der Waals surface area contributed by atoms with E-state index in [4.69, 9.17) is 14.6 Å². The summed E-state index contributed by atoms with van der Waals surface area (Å²) in [5.74, 6) is -2.60. The fourth-order valence-corrected chi connectivity index (χ4v) is 5.07. The third kappa shape index (κ3) is 6.26. The Hall–Kier alpha value is -5.15. The van der Waals surface area contributed by atoms with Gasteiger partial charge in [0.25, 0.3) is 0 Å². The Labute approximate surface area is 242 Å². The number of fused-ring (bicyclic) bond motifs is 3. The first-order chi connectivity index (χ1) is 20.3. The molecule has 0 saturated heterocycles. The summed E-state index contributed by atoms with van der Waals surface area (Å²) in [6.45, 7) is 1.92. The molecule has 4 aromatic rings. The zero-order valence-electron chi connectivity index (χ0n) is 22.8. The molecule has 9 nitrogen and oxygen atoms in total. The van der Waals surface area contributed by atoms with E-state index in [0.717, 1.165) is 33.9 Å². The molecule has 1 aliphatic rings. The first-order valence-corrected chi connectivity index (χ1v) is 13.5. The molecule has 4 aromatic carbocycles. The average molecular weight is 567 g/mol. The van der Waals surface area contributed by atoms with Gasteiger partial charge < -0.3 is 30.3 Å². The first kappa shape index (κ1) is 28.4. The molecule has 42 heavy (non-hydrogen) atoms. The minimum atomic E-state index is -1.30. The van der Waals surface area contributed by atoms with E-state index in [0.29, 0.717) is 0 Å². The number of ether oxygens (including phenoxy) is 2. The molecule has 2 atom stereocenters. The Morgan fingerprint density at radius 3 is 2.10 bits per heavy atom. The van der Waals surface area contributed by atoms with Gasteiger partial charge in [0.15, 0.2) is 0 Å². The minimum Gasteiger partial charge on any atom is -0.507 e. The monoisotopic (exact) mass is 566 g/mol. The van der Waals surface area contributed by atoms with Gasteiger partial charge in [-0.15, -0.1) is 0 Å². The van der Waals surface area contributed by atoms with Crippen LogP contribution in [0.15, 0.2) is 97.1 Å². The van der Waals surface area contributed by atoms with Crippen molar-refractivity contribution in [1.29, 1.82) is 0 Å². The number of carboxylic acid groups (broad SMARTS) is 1. The van der Waals surface area contributed by atoms with Gasteiger partial charge in [-0.2, -0.15) is 0 Å². The summed E-state index contributed by atoms with van der Waals surface area (Å²) in [5.41, 5.74) is 5.05. The molecule has 0 fully saturated rings. The second kappa shape index (κ2) is 12.6. The van der Waals surface area contributed by atoms with Crippen LogP contribution in [-0.4, -0.2) is 46.9 Å². The van der Waals surface area contributed by atoms with Gasteiger partial charge in [0, 0.05) is 17.7 Å². The van der Waals surface area contributed by atoms with Crippen LogP contribution >= 0.6 is 0 Å². The van der Waals surface area contributed by atoms with E-state index in [1.807, 2.05) is 78.9 Å². The number of rotatable bonds is 10. The molecule has 214 valence electrons. The number of hydrogen-bond acceptors (Lipinski definition) is 6. The third-order valence-corrected chi connectivity index (χ3v) is 7.22. The zero-order valence-corrected chi connectivity index (χ0v) is 22.8. The van der Waals surface area contributed by atoms with Crippen molar-refractivity contribution in [2.24, 2.45) is 0 Å². The normalized spacial score (nSPS) is 13.4. The highest BCUT2D eigenvalue weighted by Crippen LogP contribution is 2.44. The van der Waals surface area contributed by atoms with Crippen LogP contribution in [0, 0.1) is 0 Å². The van der Waals surface area contributed by atoms with Crippen molar-refractivity contribution >= 4 is 23.7 Å². The molecule has 9 heteroatoms. The number of benzene rings is 4. The van der Waals surface area contributed by atoms with Crippen LogP contribution < -0.4 is 10.6 Å². The van der Waals surface area contributed by atoms with Gasteiger partial charge >= 0.3 is 12.1 Å². The maximum Gasteiger partial charge on any atom is 0.407 e. The lowest BCUT2D eigenvalue weighted by Crippen LogP contribution is -2.51. The molecule has 0 bridgehead atoms. The van der Waals surface area contributed by atoms with Crippen LogP contribution in [0.1, 0.15) is 39.9 Å². The van der Waals surface area contributed by atoms with Crippen molar-refractivity contribution in [1.82, 2.24) is 5.32 Å². The summed E-state index contributed by atoms with van der Waals surface area (Å²) < 4.78 is 11.6. The fourth-order valence-electron chi connectivity index (χ4n) is 5.07. The summed E-state index contributed by atoms with van der Waals surface area (Å²) in [4.78, 5) is 37.7. The molecule has 0 aliphatic heterocycles. The van der Waals surface area contributed by atoms with Gasteiger partial charge in [-0.1, -0.05) is 78.9 Å². The van der Waals surface area contributed by atoms with Crippen molar-refractivity contribution in [3.63, 3.8) is 0 Å². The number of nitrogens with one attached hydrogen (secondary N) is 2. The molecule has 0 heterocycles. The quantitative estimate of drug-likeness (QED) is 0.198. The molecular formula is C33H30N2O7. The van der Waals surface area contributed by atoms with E-state index in [1.54, 1.807) is 6.92 Å². The zero-order chi connectivity index (χ0) is 29.6. The van der Waals surface area contributed by atoms with Gasteiger partial charge in [0.2, 0.25) is 5.91 Å². The predicted octanol–water partition coefficient (Wildman–Crippen LogP) is 5.54. The van der Waals surface area contributed by atoms with E-state index in [9.17, 15) is 19.5 Å². The van der Waals surface area contributed by atoms with Crippen LogP contribution in [-0.2, 0) is 20.9 Å². The van der Waals surface area contributed by atoms with Crippen LogP contribution in [0.25, 0.3) is 11.1 Å². The summed E-state index contributed by atoms with van der Waals surface area (Å²) in [7, 11) is 0. The predicted molar refractivity (Wildman–Crippen MR) is 156 cm³/mol. The van der Waals surface area contributed by atoms with E-state index in [1.165, 1.54) is 12.1 Å². The standard InChI is InChI=1S/C33H30N2O7/c1-20(41-18-21-9-3-2-4-10-21)30(31(37)34-22-15-16-27(32(38)39)29(36)17-22)35-33(40)42-19-28-25-13-7-5-11-23(25)24-12-6-8-14-26(24)28/h2-17,20,28,30,36H,18-19H2,1H3,(H,34,37)(H,35,40)(H,38,39). The van der Waals surface area contributed by atoms with Crippen LogP contribution in [0.2, 0.25) is 0 Å². The number of alkyl carbamates (subject to hydrolysis) is 1. The summed E-state index contributed by atoms with van der Waals surface area (Å²) in [6.07, 6.45) is -1.58. The highest BCUT2D eigenvalue weighted by atomic mass is 16.5. The molecule has 0 saturated carbocycles. The number of amides is 2. The van der Waals surface area contributed by atoms with Crippen molar-refractivity contribution in [3.05, 3.63) is 119 Å². The van der Waals surface area contributed by atoms with Crippen LogP contribution in [0.3, 0.4) is 0 Å². The third-order valence-electron chi connectivity index (χ3n) is 7.22. The van der Waals surface area contributed by atoms with E-state index in [-0.39, 0.29) is 30.4 Å². The average Bonchev–Trinajstić information content (AvgIpc) is 3.31. The molecule has 0 radical (unpaired) electrons.